The van der Waals surface area contributed by atoms with Gasteiger partial charge in [-0.2, -0.15) is 10.0 Å². The van der Waals surface area contributed by atoms with Gasteiger partial charge in [0.05, 0.1) is 0 Å². The zero-order valence-electron chi connectivity index (χ0n) is 17.9. The van der Waals surface area contributed by atoms with Crippen LogP contribution in [-0.2, 0) is 10.8 Å². The molecule has 2 aromatic carbocycles. The van der Waals surface area contributed by atoms with Crippen molar-refractivity contribution in [1.82, 2.24) is 0 Å². The predicted molar refractivity (Wildman–Crippen MR) is 117 cm³/mol. The van der Waals surface area contributed by atoms with E-state index < -0.39 is 10.0 Å². The lowest BCUT2D eigenvalue weighted by molar-refractivity contribution is 0.378. The molecule has 0 saturated carbocycles. The largest absolute Gasteiger partial charge is 0.508 e. The van der Waals surface area contributed by atoms with Gasteiger partial charge in [-0.05, 0) is 64.6 Å². The molecule has 0 atom stereocenters. The summed E-state index contributed by atoms with van der Waals surface area (Å²) in [5.74, 6) is 2.02. The number of hydrogen-bond donors (Lipinski definition) is 2. The Morgan fingerprint density at radius 1 is 0.815 bits per heavy atom. The van der Waals surface area contributed by atoms with Crippen molar-refractivity contribution in [3.05, 3.63) is 47.5 Å². The minimum absolute atomic E-state index is 0.178. The minimum Gasteiger partial charge on any atom is -0.508 e. The fraction of sp³-hybridized carbons (Fsp3) is 0.478. The highest BCUT2D eigenvalue weighted by molar-refractivity contribution is 8.32. The van der Waals surface area contributed by atoms with Crippen LogP contribution in [0, 0.1) is 0 Å². The number of benzene rings is 2. The fourth-order valence-corrected chi connectivity index (χ4v) is 4.37. The molecule has 0 saturated heterocycles. The third-order valence-corrected chi connectivity index (χ3v) is 6.95. The van der Waals surface area contributed by atoms with E-state index in [9.17, 15) is 10.2 Å². The molecule has 0 aliphatic rings. The van der Waals surface area contributed by atoms with Crippen LogP contribution < -0.4 is 4.74 Å². The van der Waals surface area contributed by atoms with Gasteiger partial charge in [-0.25, -0.2) is 0 Å². The number of hydrogen-bond acceptors (Lipinski definition) is 3. The Morgan fingerprint density at radius 3 is 1.67 bits per heavy atom. The van der Waals surface area contributed by atoms with E-state index in [2.05, 4.69) is 54.1 Å². The predicted octanol–water partition coefficient (Wildman–Crippen LogP) is 6.15. The molecule has 0 heterocycles. The van der Waals surface area contributed by atoms with Crippen molar-refractivity contribution < 1.29 is 14.9 Å². The third-order valence-electron chi connectivity index (χ3n) is 4.69. The molecular formula is C23H34O3S. The standard InChI is InChI=1S/C23H34O3S/c1-22(2,3)19-13-17(14-20(21(19)25)23(4,5)6)26-15-27(7,8)18-11-9-16(24)10-12-18/h9-14,24-25H,15H2,1-8H3. The second-order valence-corrected chi connectivity index (χ2v) is 13.4. The average Bonchev–Trinajstić information content (AvgIpc) is 2.52. The molecule has 0 aliphatic carbocycles. The maximum absolute atomic E-state index is 10.8. The molecule has 27 heavy (non-hydrogen) atoms. The van der Waals surface area contributed by atoms with Crippen LogP contribution in [0.5, 0.6) is 17.2 Å². The zero-order chi connectivity index (χ0) is 20.6. The highest BCUT2D eigenvalue weighted by atomic mass is 32.3. The summed E-state index contributed by atoms with van der Waals surface area (Å²) >= 11 is 0. The van der Waals surface area contributed by atoms with Gasteiger partial charge in [-0.3, -0.25) is 0 Å². The summed E-state index contributed by atoms with van der Waals surface area (Å²) in [6.07, 6.45) is 4.41. The average molecular weight is 391 g/mol. The van der Waals surface area contributed by atoms with Crippen LogP contribution in [0.3, 0.4) is 0 Å². The van der Waals surface area contributed by atoms with Crippen molar-refractivity contribution in [2.24, 2.45) is 0 Å². The van der Waals surface area contributed by atoms with Gasteiger partial charge in [-0.1, -0.05) is 41.5 Å². The first-order valence-corrected chi connectivity index (χ1v) is 11.8. The Labute approximate surface area is 165 Å². The quantitative estimate of drug-likeness (QED) is 0.658. The maximum atomic E-state index is 10.8. The van der Waals surface area contributed by atoms with Crippen LogP contribution in [0.1, 0.15) is 52.7 Å². The maximum Gasteiger partial charge on any atom is 0.123 e. The van der Waals surface area contributed by atoms with Gasteiger partial charge in [0, 0.05) is 11.1 Å². The van der Waals surface area contributed by atoms with Crippen LogP contribution in [0.25, 0.3) is 0 Å². The zero-order valence-corrected chi connectivity index (χ0v) is 18.7. The van der Waals surface area contributed by atoms with Crippen molar-refractivity contribution in [2.45, 2.75) is 57.3 Å². The van der Waals surface area contributed by atoms with Gasteiger partial charge < -0.3 is 14.9 Å². The van der Waals surface area contributed by atoms with Gasteiger partial charge in [0.1, 0.15) is 23.2 Å². The van der Waals surface area contributed by atoms with Crippen LogP contribution in [0.15, 0.2) is 41.3 Å². The first-order chi connectivity index (χ1) is 12.2. The van der Waals surface area contributed by atoms with E-state index in [0.29, 0.717) is 11.7 Å². The number of rotatable bonds is 4. The van der Waals surface area contributed by atoms with Crippen molar-refractivity contribution >= 4 is 10.0 Å². The number of phenols is 2. The van der Waals surface area contributed by atoms with E-state index in [0.717, 1.165) is 16.9 Å². The lowest BCUT2D eigenvalue weighted by atomic mass is 9.79. The molecular weight excluding hydrogens is 356 g/mol. The van der Waals surface area contributed by atoms with Crippen molar-refractivity contribution in [3.63, 3.8) is 0 Å². The van der Waals surface area contributed by atoms with Gasteiger partial charge in [-0.15, -0.1) is 0 Å². The SMILES string of the molecule is CC(C)(C)c1cc(OCS(C)(C)c2ccc(O)cc2)cc(C(C)(C)C)c1O. The van der Waals surface area contributed by atoms with E-state index in [1.165, 1.54) is 4.90 Å². The minimum atomic E-state index is -1.18. The van der Waals surface area contributed by atoms with E-state index in [4.69, 9.17) is 4.74 Å². The number of phenolic OH excluding ortho intramolecular Hbond substituents is 2. The molecule has 2 aromatic rings. The Kier molecular flexibility index (Phi) is 5.82. The molecule has 0 fully saturated rings. The van der Waals surface area contributed by atoms with Crippen LogP contribution in [0.2, 0.25) is 0 Å². The van der Waals surface area contributed by atoms with Crippen LogP contribution >= 0.6 is 10.0 Å². The van der Waals surface area contributed by atoms with Gasteiger partial charge in [0.15, 0.2) is 0 Å². The molecule has 0 spiro atoms. The second kappa shape index (κ2) is 7.31. The summed E-state index contributed by atoms with van der Waals surface area (Å²) < 4.78 is 6.25. The normalized spacial score (nSPS) is 13.5. The van der Waals surface area contributed by atoms with E-state index >= 15 is 0 Å². The first-order valence-electron chi connectivity index (χ1n) is 9.23. The lowest BCUT2D eigenvalue weighted by Crippen LogP contribution is -2.18. The molecule has 0 amide bonds. The van der Waals surface area contributed by atoms with Gasteiger partial charge >= 0.3 is 0 Å². The third kappa shape index (κ3) is 5.13. The molecule has 2 rings (SSSR count). The van der Waals surface area contributed by atoms with Crippen LogP contribution in [-0.4, -0.2) is 28.7 Å². The topological polar surface area (TPSA) is 49.7 Å². The molecule has 2 N–H and O–H groups in total. The molecule has 0 unspecified atom stereocenters. The van der Waals surface area contributed by atoms with Crippen molar-refractivity contribution in [2.75, 3.05) is 18.5 Å². The summed E-state index contributed by atoms with van der Waals surface area (Å²) in [6, 6.07) is 11.3. The fourth-order valence-electron chi connectivity index (χ4n) is 2.93. The monoisotopic (exact) mass is 390 g/mol. The van der Waals surface area contributed by atoms with Gasteiger partial charge in [0.2, 0.25) is 0 Å². The summed E-state index contributed by atoms with van der Waals surface area (Å²) in [5.41, 5.74) is 1.45. The molecule has 0 bridgehead atoms. The molecule has 3 nitrogen and oxygen atoms in total. The highest BCUT2D eigenvalue weighted by Crippen LogP contribution is 2.50. The number of ether oxygens (including phenoxy) is 1. The Hall–Kier alpha value is -1.81. The Balaban J connectivity index is 2.37. The molecule has 150 valence electrons. The summed E-state index contributed by atoms with van der Waals surface area (Å²) in [4.78, 5) is 1.19. The number of aromatic hydroxyl groups is 2. The second-order valence-electron chi connectivity index (χ2n) is 9.66. The summed E-state index contributed by atoms with van der Waals surface area (Å²) in [7, 11) is -1.18. The lowest BCUT2D eigenvalue weighted by Gasteiger charge is -2.32. The van der Waals surface area contributed by atoms with E-state index in [1.807, 2.05) is 24.3 Å². The van der Waals surface area contributed by atoms with Crippen LogP contribution in [0.4, 0.5) is 0 Å². The Morgan fingerprint density at radius 2 is 1.26 bits per heavy atom. The van der Waals surface area contributed by atoms with E-state index in [-0.39, 0.29) is 16.6 Å². The van der Waals surface area contributed by atoms with Crippen molar-refractivity contribution in [3.8, 4) is 17.2 Å². The van der Waals surface area contributed by atoms with E-state index in [1.54, 1.807) is 12.1 Å². The smallest absolute Gasteiger partial charge is 0.123 e. The molecule has 0 aliphatic heterocycles. The van der Waals surface area contributed by atoms with Crippen molar-refractivity contribution in [1.29, 1.82) is 0 Å². The van der Waals surface area contributed by atoms with Gasteiger partial charge in [0.25, 0.3) is 0 Å². The molecule has 4 heteroatoms. The first kappa shape index (κ1) is 21.5. The Bertz CT molecular complexity index is 759. The summed E-state index contributed by atoms with van der Waals surface area (Å²) in [6.45, 7) is 12.6. The molecule has 0 radical (unpaired) electrons. The molecule has 0 aromatic heterocycles. The highest BCUT2D eigenvalue weighted by Gasteiger charge is 2.27. The summed E-state index contributed by atoms with van der Waals surface area (Å²) in [5, 5.41) is 20.4.